The fraction of sp³-hybridized carbons (Fsp3) is 0.857. The summed E-state index contributed by atoms with van der Waals surface area (Å²) in [6, 6.07) is 0. The Morgan fingerprint density at radius 1 is 1.05 bits per heavy atom. The summed E-state index contributed by atoms with van der Waals surface area (Å²) in [6.07, 6.45) is 0.522. The summed E-state index contributed by atoms with van der Waals surface area (Å²) in [4.78, 5) is 23.0. The van der Waals surface area contributed by atoms with Gasteiger partial charge in [-0.05, 0) is 47.4 Å². The molecular formula is C14H18Cl2O4. The van der Waals surface area contributed by atoms with E-state index in [4.69, 9.17) is 32.7 Å². The van der Waals surface area contributed by atoms with Crippen LogP contribution in [0.25, 0.3) is 0 Å². The van der Waals surface area contributed by atoms with Crippen LogP contribution in [0.3, 0.4) is 0 Å². The lowest BCUT2D eigenvalue weighted by Gasteiger charge is -2.44. The van der Waals surface area contributed by atoms with Gasteiger partial charge in [0.15, 0.2) is 18.0 Å². The molecule has 1 heterocycles. The molecule has 1 saturated heterocycles. The van der Waals surface area contributed by atoms with Crippen LogP contribution in [0.4, 0.5) is 0 Å². The lowest BCUT2D eigenvalue weighted by molar-refractivity contribution is -0.247. The third kappa shape index (κ3) is 1.57. The molecule has 2 aliphatic carbocycles. The first-order chi connectivity index (χ1) is 9.15. The Morgan fingerprint density at radius 3 is 1.85 bits per heavy atom. The lowest BCUT2D eigenvalue weighted by Crippen LogP contribution is -2.49. The van der Waals surface area contributed by atoms with Crippen molar-refractivity contribution in [2.75, 3.05) is 0 Å². The van der Waals surface area contributed by atoms with Crippen LogP contribution in [0.2, 0.25) is 0 Å². The smallest absolute Gasteiger partial charge is 0.253 e. The van der Waals surface area contributed by atoms with Crippen molar-refractivity contribution in [3.05, 3.63) is 0 Å². The number of fused-ring (bicyclic) bond motifs is 3. The number of carbonyl (C=O) groups is 2. The topological polar surface area (TPSA) is 52.6 Å². The number of halogens is 2. The summed E-state index contributed by atoms with van der Waals surface area (Å²) < 4.78 is 11.8. The summed E-state index contributed by atoms with van der Waals surface area (Å²) >= 11 is 11.1. The zero-order valence-electron chi connectivity index (χ0n) is 11.7. The summed E-state index contributed by atoms with van der Waals surface area (Å²) in [5, 5.41) is -1.46. The maximum absolute atomic E-state index is 11.5. The highest BCUT2D eigenvalue weighted by Gasteiger charge is 2.74. The monoisotopic (exact) mass is 320 g/mol. The fourth-order valence-corrected chi connectivity index (χ4v) is 4.75. The average molecular weight is 321 g/mol. The number of rotatable bonds is 2. The van der Waals surface area contributed by atoms with Crippen LogP contribution in [-0.2, 0) is 19.1 Å². The standard InChI is InChI=1S/C14H18Cl2O4/c1-12(2)7-4-5-13(12,3)14(6-7)19-8(10(15)17)9(20-14)11(16)18/h7-9H,4-6H2,1-3H3/t7-,8+,9+,13?/m0/s1. The van der Waals surface area contributed by atoms with Gasteiger partial charge in [-0.1, -0.05) is 20.8 Å². The molecule has 112 valence electrons. The molecule has 3 rings (SSSR count). The quantitative estimate of drug-likeness (QED) is 0.734. The summed E-state index contributed by atoms with van der Waals surface area (Å²) in [5.41, 5.74) is -0.229. The predicted molar refractivity (Wildman–Crippen MR) is 73.4 cm³/mol. The Bertz CT molecular complexity index is 468. The van der Waals surface area contributed by atoms with Gasteiger partial charge in [0.25, 0.3) is 10.5 Å². The molecule has 0 aromatic rings. The number of ether oxygens (including phenoxy) is 2. The van der Waals surface area contributed by atoms with Crippen LogP contribution < -0.4 is 0 Å². The van der Waals surface area contributed by atoms with Gasteiger partial charge in [-0.25, -0.2) is 0 Å². The average Bonchev–Trinajstić information content (AvgIpc) is 2.87. The third-order valence-electron chi connectivity index (χ3n) is 6.15. The zero-order chi connectivity index (χ0) is 14.9. The highest BCUT2D eigenvalue weighted by molar-refractivity contribution is 6.67. The summed E-state index contributed by atoms with van der Waals surface area (Å²) in [6.45, 7) is 6.50. The van der Waals surface area contributed by atoms with Crippen molar-refractivity contribution in [2.45, 2.75) is 58.0 Å². The zero-order valence-corrected chi connectivity index (χ0v) is 13.3. The van der Waals surface area contributed by atoms with Crippen molar-refractivity contribution < 1.29 is 19.1 Å². The van der Waals surface area contributed by atoms with Gasteiger partial charge < -0.3 is 9.47 Å². The molecule has 1 unspecified atom stereocenters. The van der Waals surface area contributed by atoms with Crippen molar-refractivity contribution in [3.8, 4) is 0 Å². The van der Waals surface area contributed by atoms with Crippen LogP contribution >= 0.6 is 23.2 Å². The number of carbonyl (C=O) groups excluding carboxylic acids is 2. The van der Waals surface area contributed by atoms with Gasteiger partial charge in [0.1, 0.15) is 0 Å². The maximum atomic E-state index is 11.5. The predicted octanol–water partition coefficient (Wildman–Crippen LogP) is 2.84. The fourth-order valence-electron chi connectivity index (χ4n) is 4.43. The van der Waals surface area contributed by atoms with Crippen molar-refractivity contribution in [1.82, 2.24) is 0 Å². The molecular weight excluding hydrogens is 303 g/mol. The van der Waals surface area contributed by atoms with E-state index in [1.807, 2.05) is 0 Å². The molecule has 0 aromatic heterocycles. The minimum Gasteiger partial charge on any atom is -0.334 e. The van der Waals surface area contributed by atoms with E-state index in [0.717, 1.165) is 12.8 Å². The second kappa shape index (κ2) is 4.19. The van der Waals surface area contributed by atoms with Crippen LogP contribution in [0, 0.1) is 16.7 Å². The van der Waals surface area contributed by atoms with Crippen LogP contribution in [0.1, 0.15) is 40.0 Å². The SMILES string of the molecule is CC1(C)[C@H]2CCC1(C)C1(C2)O[C@@H](C(=O)Cl)[C@H](C(=O)Cl)O1. The first kappa shape index (κ1) is 14.8. The van der Waals surface area contributed by atoms with Crippen LogP contribution in [0.5, 0.6) is 0 Å². The van der Waals surface area contributed by atoms with Gasteiger partial charge in [-0.15, -0.1) is 0 Å². The van der Waals surface area contributed by atoms with E-state index in [0.29, 0.717) is 12.3 Å². The molecule has 2 bridgehead atoms. The van der Waals surface area contributed by atoms with E-state index in [1.165, 1.54) is 0 Å². The normalized spacial score (nSPS) is 44.1. The van der Waals surface area contributed by atoms with Crippen molar-refractivity contribution in [3.63, 3.8) is 0 Å². The van der Waals surface area contributed by atoms with Gasteiger partial charge in [0.05, 0.1) is 0 Å². The van der Waals surface area contributed by atoms with Crippen molar-refractivity contribution >= 4 is 33.7 Å². The third-order valence-corrected chi connectivity index (χ3v) is 6.58. The van der Waals surface area contributed by atoms with Gasteiger partial charge in [0.2, 0.25) is 0 Å². The minimum atomic E-state index is -1.10. The molecule has 1 spiro atoms. The van der Waals surface area contributed by atoms with Gasteiger partial charge in [-0.3, -0.25) is 9.59 Å². The molecule has 1 aliphatic heterocycles. The lowest BCUT2D eigenvalue weighted by atomic mass is 9.68. The van der Waals surface area contributed by atoms with Crippen molar-refractivity contribution in [1.29, 1.82) is 0 Å². The highest BCUT2D eigenvalue weighted by Crippen LogP contribution is 2.72. The molecule has 3 fully saturated rings. The number of hydrogen-bond donors (Lipinski definition) is 0. The Morgan fingerprint density at radius 2 is 1.55 bits per heavy atom. The van der Waals surface area contributed by atoms with E-state index in [1.54, 1.807) is 0 Å². The van der Waals surface area contributed by atoms with E-state index in [2.05, 4.69) is 20.8 Å². The first-order valence-corrected chi connectivity index (χ1v) is 7.64. The molecule has 3 aliphatic rings. The van der Waals surface area contributed by atoms with Crippen molar-refractivity contribution in [2.24, 2.45) is 16.7 Å². The molecule has 0 amide bonds. The van der Waals surface area contributed by atoms with Crippen LogP contribution in [0.15, 0.2) is 0 Å². The number of hydrogen-bond acceptors (Lipinski definition) is 4. The second-order valence-corrected chi connectivity index (χ2v) is 7.68. The molecule has 4 nitrogen and oxygen atoms in total. The molecule has 2 saturated carbocycles. The minimum absolute atomic E-state index is 0.0250. The Labute approximate surface area is 128 Å². The van der Waals surface area contributed by atoms with Crippen LogP contribution in [-0.4, -0.2) is 28.5 Å². The van der Waals surface area contributed by atoms with E-state index in [-0.39, 0.29) is 10.8 Å². The summed E-state index contributed by atoms with van der Waals surface area (Å²) in [5.74, 6) is -0.480. The maximum Gasteiger partial charge on any atom is 0.253 e. The Balaban J connectivity index is 2.00. The van der Waals surface area contributed by atoms with E-state index >= 15 is 0 Å². The van der Waals surface area contributed by atoms with E-state index < -0.39 is 28.5 Å². The van der Waals surface area contributed by atoms with Gasteiger partial charge >= 0.3 is 0 Å². The second-order valence-electron chi connectivity index (χ2n) is 6.93. The highest BCUT2D eigenvalue weighted by atomic mass is 35.5. The molecule has 4 atom stereocenters. The molecule has 0 aromatic carbocycles. The molecule has 0 radical (unpaired) electrons. The Hall–Kier alpha value is -0.160. The molecule has 6 heteroatoms. The van der Waals surface area contributed by atoms with Gasteiger partial charge in [0, 0.05) is 11.8 Å². The Kier molecular flexibility index (Phi) is 3.09. The first-order valence-electron chi connectivity index (χ1n) is 6.89. The van der Waals surface area contributed by atoms with Gasteiger partial charge in [-0.2, -0.15) is 0 Å². The van der Waals surface area contributed by atoms with E-state index in [9.17, 15) is 9.59 Å². The molecule has 20 heavy (non-hydrogen) atoms. The largest absolute Gasteiger partial charge is 0.334 e. The summed E-state index contributed by atoms with van der Waals surface area (Å²) in [7, 11) is 0. The molecule has 0 N–H and O–H groups in total.